The van der Waals surface area contributed by atoms with Crippen LogP contribution in [0.4, 0.5) is 5.69 Å². The maximum Gasteiger partial charge on any atom is 0.135 e. The van der Waals surface area contributed by atoms with Gasteiger partial charge in [-0.25, -0.2) is 0 Å². The molecule has 0 spiro atoms. The molecule has 0 saturated heterocycles. The number of nitrogens with two attached hydrogens (primary N) is 1. The molecule has 0 fully saturated rings. The molecular formula is C32H20N2O. The minimum atomic E-state index is 0.714. The number of fused-ring (bicyclic) bond motifs is 6. The smallest absolute Gasteiger partial charge is 0.135 e. The third-order valence-corrected chi connectivity index (χ3v) is 6.80. The fourth-order valence-electron chi connectivity index (χ4n) is 5.26. The highest BCUT2D eigenvalue weighted by Gasteiger charge is 2.18. The second-order valence-corrected chi connectivity index (χ2v) is 8.78. The van der Waals surface area contributed by atoms with Crippen LogP contribution in [0.15, 0.2) is 108 Å². The van der Waals surface area contributed by atoms with Crippen LogP contribution in [-0.4, -0.2) is 4.57 Å². The summed E-state index contributed by atoms with van der Waals surface area (Å²) in [5.41, 5.74) is 14.7. The Kier molecular flexibility index (Phi) is 4.06. The molecular weight excluding hydrogens is 428 g/mol. The van der Waals surface area contributed by atoms with Gasteiger partial charge < -0.3 is 14.7 Å². The lowest BCUT2D eigenvalue weighted by molar-refractivity contribution is 0.669. The second-order valence-electron chi connectivity index (χ2n) is 8.78. The van der Waals surface area contributed by atoms with Crippen LogP contribution in [0.25, 0.3) is 60.6 Å². The van der Waals surface area contributed by atoms with Crippen molar-refractivity contribution < 1.29 is 4.42 Å². The Bertz CT molecular complexity index is 1930. The van der Waals surface area contributed by atoms with Gasteiger partial charge in [0, 0.05) is 38.4 Å². The molecule has 0 aliphatic heterocycles. The summed E-state index contributed by atoms with van der Waals surface area (Å²) >= 11 is 0. The fraction of sp³-hybridized carbons (Fsp3) is 0. The minimum Gasteiger partial charge on any atom is -0.456 e. The first-order valence-electron chi connectivity index (χ1n) is 11.5. The largest absolute Gasteiger partial charge is 0.456 e. The highest BCUT2D eigenvalue weighted by Crippen LogP contribution is 2.39. The summed E-state index contributed by atoms with van der Waals surface area (Å²) in [6.45, 7) is 0. The number of aromatic nitrogens is 1. The number of hydrogen-bond donors (Lipinski definition) is 1. The summed E-state index contributed by atoms with van der Waals surface area (Å²) in [6.07, 6.45) is 6.06. The highest BCUT2D eigenvalue weighted by atomic mass is 16.3. The number of hydrogen-bond acceptors (Lipinski definition) is 2. The van der Waals surface area contributed by atoms with Gasteiger partial charge in [-0.05, 0) is 54.1 Å². The molecule has 5 aromatic carbocycles. The van der Waals surface area contributed by atoms with Crippen LogP contribution in [-0.2, 0) is 0 Å². The lowest BCUT2D eigenvalue weighted by Gasteiger charge is -2.16. The van der Waals surface area contributed by atoms with E-state index in [9.17, 15) is 0 Å². The second kappa shape index (κ2) is 7.28. The average Bonchev–Trinajstić information content (AvgIpc) is 3.43. The molecule has 0 aliphatic carbocycles. The normalized spacial score (nSPS) is 11.5. The van der Waals surface area contributed by atoms with E-state index in [0.717, 1.165) is 55.3 Å². The molecule has 7 aromatic rings. The Hall–Kier alpha value is -4.94. The van der Waals surface area contributed by atoms with Crippen LogP contribution < -0.4 is 5.73 Å². The fourth-order valence-corrected chi connectivity index (χ4v) is 5.26. The van der Waals surface area contributed by atoms with Gasteiger partial charge in [-0.2, -0.15) is 0 Å². The lowest BCUT2D eigenvalue weighted by Crippen LogP contribution is -2.00. The molecule has 2 aromatic heterocycles. The number of benzene rings is 5. The monoisotopic (exact) mass is 448 g/mol. The van der Waals surface area contributed by atoms with Crippen LogP contribution in [0.5, 0.6) is 0 Å². The first-order chi connectivity index (χ1) is 17.2. The summed E-state index contributed by atoms with van der Waals surface area (Å²) in [4.78, 5) is 0. The molecule has 7 rings (SSSR count). The average molecular weight is 449 g/mol. The van der Waals surface area contributed by atoms with Gasteiger partial charge in [-0.3, -0.25) is 0 Å². The summed E-state index contributed by atoms with van der Waals surface area (Å²) in [7, 11) is 0. The van der Waals surface area contributed by atoms with E-state index in [0.29, 0.717) is 5.69 Å². The first-order valence-corrected chi connectivity index (χ1v) is 11.5. The van der Waals surface area contributed by atoms with Crippen molar-refractivity contribution in [2.45, 2.75) is 0 Å². The Labute approximate surface area is 202 Å². The molecule has 35 heavy (non-hydrogen) atoms. The van der Waals surface area contributed by atoms with Gasteiger partial charge in [0.1, 0.15) is 11.2 Å². The number of terminal acetylenes is 1. The number of furan rings is 1. The third kappa shape index (κ3) is 2.81. The van der Waals surface area contributed by atoms with Crippen molar-refractivity contribution in [1.29, 1.82) is 0 Å². The zero-order valence-corrected chi connectivity index (χ0v) is 18.8. The zero-order valence-electron chi connectivity index (χ0n) is 18.8. The number of rotatable bonds is 2. The highest BCUT2D eigenvalue weighted by molar-refractivity contribution is 6.11. The molecule has 0 atom stereocenters. The van der Waals surface area contributed by atoms with Crippen LogP contribution >= 0.6 is 0 Å². The summed E-state index contributed by atoms with van der Waals surface area (Å²) in [5.74, 6) is 2.94. The Morgan fingerprint density at radius 2 is 1.31 bits per heavy atom. The van der Waals surface area contributed by atoms with E-state index in [-0.39, 0.29) is 0 Å². The minimum absolute atomic E-state index is 0.714. The van der Waals surface area contributed by atoms with Crippen molar-refractivity contribution in [3.8, 4) is 29.2 Å². The topological polar surface area (TPSA) is 44.1 Å². The molecule has 0 unspecified atom stereocenters. The van der Waals surface area contributed by atoms with Crippen molar-refractivity contribution >= 4 is 49.4 Å². The SMILES string of the molecule is C#Cc1cccc(-c2ccc3oc4ccc(N)cc4c3c2)c1-n1c2ccccc2c2ccccc21. The summed E-state index contributed by atoms with van der Waals surface area (Å²) in [5, 5.41) is 4.44. The van der Waals surface area contributed by atoms with Gasteiger partial charge in [0.25, 0.3) is 0 Å². The predicted molar refractivity (Wildman–Crippen MR) is 146 cm³/mol. The van der Waals surface area contributed by atoms with Gasteiger partial charge in [-0.15, -0.1) is 6.42 Å². The van der Waals surface area contributed by atoms with E-state index in [4.69, 9.17) is 16.6 Å². The van der Waals surface area contributed by atoms with Crippen LogP contribution in [0.2, 0.25) is 0 Å². The molecule has 2 N–H and O–H groups in total. The molecule has 0 bridgehead atoms. The first kappa shape index (κ1) is 19.5. The van der Waals surface area contributed by atoms with Gasteiger partial charge in [0.05, 0.1) is 16.7 Å². The van der Waals surface area contributed by atoms with Gasteiger partial charge in [-0.1, -0.05) is 60.5 Å². The summed E-state index contributed by atoms with van der Waals surface area (Å²) in [6, 6.07) is 35.2. The van der Waals surface area contributed by atoms with E-state index in [1.165, 1.54) is 10.8 Å². The number of nitrogens with zero attached hydrogens (tertiary/aromatic N) is 1. The molecule has 0 radical (unpaired) electrons. The molecule has 2 heterocycles. The lowest BCUT2D eigenvalue weighted by atomic mass is 9.98. The van der Waals surface area contributed by atoms with E-state index >= 15 is 0 Å². The van der Waals surface area contributed by atoms with Crippen LogP contribution in [0, 0.1) is 12.3 Å². The Morgan fingerprint density at radius 3 is 2.03 bits per heavy atom. The Balaban J connectivity index is 1.59. The summed E-state index contributed by atoms with van der Waals surface area (Å²) < 4.78 is 8.36. The predicted octanol–water partition coefficient (Wildman–Crippen LogP) is 7.91. The van der Waals surface area contributed by atoms with Crippen LogP contribution in [0.1, 0.15) is 5.56 Å². The quantitative estimate of drug-likeness (QED) is 0.216. The molecule has 0 aliphatic rings. The number of nitrogen functional groups attached to an aromatic ring is 1. The zero-order chi connectivity index (χ0) is 23.5. The maximum atomic E-state index is 6.09. The maximum absolute atomic E-state index is 6.09. The third-order valence-electron chi connectivity index (χ3n) is 6.80. The van der Waals surface area contributed by atoms with Crippen LogP contribution in [0.3, 0.4) is 0 Å². The van der Waals surface area contributed by atoms with E-state index in [1.807, 2.05) is 36.4 Å². The van der Waals surface area contributed by atoms with E-state index in [1.54, 1.807) is 0 Å². The molecule has 3 nitrogen and oxygen atoms in total. The van der Waals surface area contributed by atoms with E-state index in [2.05, 4.69) is 77.2 Å². The van der Waals surface area contributed by atoms with Gasteiger partial charge in [0.2, 0.25) is 0 Å². The number of anilines is 1. The van der Waals surface area contributed by atoms with E-state index < -0.39 is 0 Å². The molecule has 0 saturated carbocycles. The molecule has 3 heteroatoms. The van der Waals surface area contributed by atoms with Crippen molar-refractivity contribution in [1.82, 2.24) is 4.57 Å². The van der Waals surface area contributed by atoms with Crippen molar-refractivity contribution in [2.24, 2.45) is 0 Å². The molecule has 0 amide bonds. The standard InChI is InChI=1S/C32H20N2O/c1-2-20-8-7-11-23(21-14-16-30-26(18-21)27-19-22(33)15-17-31(27)35-30)32(20)34-28-12-5-3-9-24(28)25-10-4-6-13-29(25)34/h1,3-19H,33H2. The van der Waals surface area contributed by atoms with Crippen molar-refractivity contribution in [2.75, 3.05) is 5.73 Å². The van der Waals surface area contributed by atoms with Crippen molar-refractivity contribution in [3.05, 3.63) is 109 Å². The van der Waals surface area contributed by atoms with Gasteiger partial charge >= 0.3 is 0 Å². The Morgan fingerprint density at radius 1 is 0.657 bits per heavy atom. The van der Waals surface area contributed by atoms with Gasteiger partial charge in [0.15, 0.2) is 0 Å². The number of para-hydroxylation sites is 3. The van der Waals surface area contributed by atoms with Crippen molar-refractivity contribution in [3.63, 3.8) is 0 Å². The molecule has 164 valence electrons.